The van der Waals surface area contributed by atoms with Crippen molar-refractivity contribution in [2.24, 2.45) is 0 Å². The van der Waals surface area contributed by atoms with Crippen LogP contribution in [-0.2, 0) is 6.54 Å². The van der Waals surface area contributed by atoms with Crippen LogP contribution in [0.15, 0.2) is 30.3 Å². The van der Waals surface area contributed by atoms with Gasteiger partial charge in [-0.15, -0.1) is 0 Å². The van der Waals surface area contributed by atoms with Crippen molar-refractivity contribution < 1.29 is 0 Å². The number of rotatable bonds is 4. The lowest BCUT2D eigenvalue weighted by Gasteiger charge is -2.16. The molecule has 0 saturated carbocycles. The second kappa shape index (κ2) is 8.09. The highest BCUT2D eigenvalue weighted by atomic mass is 28.3. The molecule has 2 nitrogen and oxygen atoms in total. The number of benzene rings is 1. The van der Waals surface area contributed by atoms with Gasteiger partial charge in [0.15, 0.2) is 0 Å². The van der Waals surface area contributed by atoms with Crippen LogP contribution in [0.4, 0.5) is 0 Å². The molecule has 0 aromatic heterocycles. The van der Waals surface area contributed by atoms with Crippen molar-refractivity contribution in [1.82, 2.24) is 5.32 Å². The Hall–Kier alpha value is -1.11. The topological polar surface area (TPSA) is 35.8 Å². The number of hydrogen-bond donors (Lipinski definition) is 1. The zero-order valence-corrected chi connectivity index (χ0v) is 11.7. The van der Waals surface area contributed by atoms with Crippen molar-refractivity contribution in [3.8, 4) is 6.07 Å². The van der Waals surface area contributed by atoms with Crippen molar-refractivity contribution in [1.29, 1.82) is 5.26 Å². The minimum atomic E-state index is -0.922. The fourth-order valence-corrected chi connectivity index (χ4v) is 2.05. The molecule has 3 heteroatoms. The quantitative estimate of drug-likeness (QED) is 0.812. The zero-order chi connectivity index (χ0) is 12.4. The predicted molar refractivity (Wildman–Crippen MR) is 72.8 cm³/mol. The third-order valence-electron chi connectivity index (χ3n) is 1.83. The highest BCUT2D eigenvalue weighted by Gasteiger charge is 2.11. The van der Waals surface area contributed by atoms with Gasteiger partial charge < -0.3 is 5.32 Å². The molecule has 0 fully saturated rings. The first kappa shape index (κ1) is 14.9. The monoisotopic (exact) mass is 234 g/mol. The van der Waals surface area contributed by atoms with Gasteiger partial charge in [-0.05, 0) is 11.7 Å². The maximum Gasteiger partial charge on any atom is 0.0596 e. The van der Waals surface area contributed by atoms with Crippen LogP contribution in [0, 0.1) is 11.3 Å². The van der Waals surface area contributed by atoms with E-state index in [1.54, 1.807) is 6.07 Å². The third-order valence-corrected chi connectivity index (χ3v) is 3.14. The Balaban J connectivity index is 0.000000673. The minimum absolute atomic E-state index is 0.922. The second-order valence-electron chi connectivity index (χ2n) is 4.87. The van der Waals surface area contributed by atoms with Gasteiger partial charge in [-0.1, -0.05) is 50.0 Å². The molecule has 0 saturated heterocycles. The molecule has 1 aromatic carbocycles. The standard InChI is InChI=1S/C11H19NSi.C2H3N/c1-13(2,3)10-12-9-11-7-5-4-6-8-11;1-2-3/h4-8,12H,9-10H2,1-3H3;1H3. The molecule has 0 aliphatic carbocycles. The first-order chi connectivity index (χ1) is 7.49. The lowest BCUT2D eigenvalue weighted by molar-refractivity contribution is 0.777. The van der Waals surface area contributed by atoms with E-state index in [0.29, 0.717) is 0 Å². The number of nitrogens with one attached hydrogen (secondary N) is 1. The SMILES string of the molecule is CC#N.C[Si](C)(C)CNCc1ccccc1. The predicted octanol–water partition coefficient (Wildman–Crippen LogP) is 3.18. The van der Waals surface area contributed by atoms with Crippen molar-refractivity contribution in [3.63, 3.8) is 0 Å². The molecule has 1 aromatic rings. The van der Waals surface area contributed by atoms with E-state index in [2.05, 4.69) is 55.3 Å². The van der Waals surface area contributed by atoms with Gasteiger partial charge in [-0.3, -0.25) is 0 Å². The lowest BCUT2D eigenvalue weighted by Crippen LogP contribution is -2.36. The molecule has 16 heavy (non-hydrogen) atoms. The zero-order valence-electron chi connectivity index (χ0n) is 10.7. The molecule has 0 aliphatic heterocycles. The maximum absolute atomic E-state index is 7.32. The highest BCUT2D eigenvalue weighted by molar-refractivity contribution is 6.76. The van der Waals surface area contributed by atoms with Crippen LogP contribution >= 0.6 is 0 Å². The average molecular weight is 234 g/mol. The van der Waals surface area contributed by atoms with E-state index in [9.17, 15) is 0 Å². The van der Waals surface area contributed by atoms with Crippen LogP contribution in [0.3, 0.4) is 0 Å². The van der Waals surface area contributed by atoms with E-state index in [-0.39, 0.29) is 0 Å². The Morgan fingerprint density at radius 3 is 2.12 bits per heavy atom. The summed E-state index contributed by atoms with van der Waals surface area (Å²) in [6, 6.07) is 12.3. The van der Waals surface area contributed by atoms with Gasteiger partial charge in [0, 0.05) is 13.5 Å². The molecular weight excluding hydrogens is 212 g/mol. The Labute approximate surface area is 100 Å². The van der Waals surface area contributed by atoms with E-state index in [0.717, 1.165) is 6.54 Å². The molecule has 0 radical (unpaired) electrons. The van der Waals surface area contributed by atoms with Gasteiger partial charge in [-0.25, -0.2) is 0 Å². The fraction of sp³-hybridized carbons (Fsp3) is 0.462. The summed E-state index contributed by atoms with van der Waals surface area (Å²) in [4.78, 5) is 0. The smallest absolute Gasteiger partial charge is 0.0596 e. The molecule has 88 valence electrons. The lowest BCUT2D eigenvalue weighted by atomic mass is 10.2. The van der Waals surface area contributed by atoms with Crippen molar-refractivity contribution in [2.75, 3.05) is 6.17 Å². The third kappa shape index (κ3) is 9.44. The van der Waals surface area contributed by atoms with Gasteiger partial charge in [0.2, 0.25) is 0 Å². The number of nitrogens with zero attached hydrogens (tertiary/aromatic N) is 1. The second-order valence-corrected chi connectivity index (χ2v) is 10.3. The summed E-state index contributed by atoms with van der Waals surface area (Å²) in [6.07, 6.45) is 1.20. The minimum Gasteiger partial charge on any atom is -0.315 e. The maximum atomic E-state index is 7.32. The van der Waals surface area contributed by atoms with Crippen LogP contribution in [0.25, 0.3) is 0 Å². The molecule has 1 N–H and O–H groups in total. The molecule has 0 amide bonds. The summed E-state index contributed by atoms with van der Waals surface area (Å²) < 4.78 is 0. The van der Waals surface area contributed by atoms with Gasteiger partial charge in [0.1, 0.15) is 0 Å². The molecule has 0 heterocycles. The summed E-state index contributed by atoms with van der Waals surface area (Å²) in [5.41, 5.74) is 1.38. The summed E-state index contributed by atoms with van der Waals surface area (Å²) in [7, 11) is -0.922. The number of nitriles is 1. The molecule has 0 aliphatic rings. The summed E-state index contributed by atoms with van der Waals surface area (Å²) >= 11 is 0. The van der Waals surface area contributed by atoms with Crippen molar-refractivity contribution >= 4 is 8.07 Å². The van der Waals surface area contributed by atoms with Gasteiger partial charge in [0.25, 0.3) is 0 Å². The van der Waals surface area contributed by atoms with E-state index in [1.165, 1.54) is 18.7 Å². The van der Waals surface area contributed by atoms with Crippen molar-refractivity contribution in [2.45, 2.75) is 33.1 Å². The van der Waals surface area contributed by atoms with Crippen LogP contribution in [0.5, 0.6) is 0 Å². The Bertz CT molecular complexity index is 309. The van der Waals surface area contributed by atoms with Crippen molar-refractivity contribution in [3.05, 3.63) is 35.9 Å². The van der Waals surface area contributed by atoms with Gasteiger partial charge >= 0.3 is 0 Å². The van der Waals surface area contributed by atoms with Crippen LogP contribution in [-0.4, -0.2) is 14.2 Å². The normalized spacial score (nSPS) is 9.94. The van der Waals surface area contributed by atoms with Gasteiger partial charge in [-0.2, -0.15) is 5.26 Å². The Morgan fingerprint density at radius 2 is 1.69 bits per heavy atom. The fourth-order valence-electron chi connectivity index (χ4n) is 1.18. The largest absolute Gasteiger partial charge is 0.315 e. The molecule has 0 atom stereocenters. The Kier molecular flexibility index (Phi) is 7.52. The molecule has 0 unspecified atom stereocenters. The Morgan fingerprint density at radius 1 is 1.19 bits per heavy atom. The van der Waals surface area contributed by atoms with E-state index in [4.69, 9.17) is 5.26 Å². The molecular formula is C13H22N2Si. The van der Waals surface area contributed by atoms with Crippen LogP contribution in [0.2, 0.25) is 19.6 Å². The van der Waals surface area contributed by atoms with E-state index >= 15 is 0 Å². The first-order valence-electron chi connectivity index (χ1n) is 5.55. The average Bonchev–Trinajstić information content (AvgIpc) is 2.18. The summed E-state index contributed by atoms with van der Waals surface area (Å²) in [5, 5.41) is 10.8. The number of hydrogen-bond acceptors (Lipinski definition) is 2. The summed E-state index contributed by atoms with van der Waals surface area (Å²) in [5.74, 6) is 0. The van der Waals surface area contributed by atoms with Crippen LogP contribution < -0.4 is 5.32 Å². The van der Waals surface area contributed by atoms with E-state index < -0.39 is 8.07 Å². The van der Waals surface area contributed by atoms with Gasteiger partial charge in [0.05, 0.1) is 14.1 Å². The summed E-state index contributed by atoms with van der Waals surface area (Å²) in [6.45, 7) is 9.58. The molecule has 1 rings (SSSR count). The molecule has 0 bridgehead atoms. The highest BCUT2D eigenvalue weighted by Crippen LogP contribution is 2.00. The first-order valence-corrected chi connectivity index (χ1v) is 9.26. The molecule has 0 spiro atoms. The van der Waals surface area contributed by atoms with Crippen LogP contribution in [0.1, 0.15) is 12.5 Å². The van der Waals surface area contributed by atoms with E-state index in [1.807, 2.05) is 0 Å².